The van der Waals surface area contributed by atoms with Gasteiger partial charge in [0.15, 0.2) is 5.82 Å². The molecule has 4 fully saturated rings. The molecule has 9 nitrogen and oxygen atoms in total. The number of carbonyl (C=O) groups is 1. The molecular weight excluding hydrogens is 600 g/mol. The van der Waals surface area contributed by atoms with Gasteiger partial charge < -0.3 is 14.5 Å². The van der Waals surface area contributed by atoms with E-state index in [0.717, 1.165) is 37.8 Å². The Hall–Kier alpha value is -4.61. The third kappa shape index (κ3) is 4.74. The maximum atomic E-state index is 16.9. The predicted octanol–water partition coefficient (Wildman–Crippen LogP) is 5.04. The van der Waals surface area contributed by atoms with E-state index in [9.17, 15) is 19.7 Å². The molecule has 1 saturated carbocycles. The van der Waals surface area contributed by atoms with Crippen molar-refractivity contribution < 1.29 is 18.3 Å². The molecule has 0 spiro atoms. The van der Waals surface area contributed by atoms with E-state index in [1.165, 1.54) is 17.2 Å². The van der Waals surface area contributed by atoms with Crippen molar-refractivity contribution in [2.45, 2.75) is 62.2 Å². The van der Waals surface area contributed by atoms with Crippen LogP contribution in [0.5, 0.6) is 5.88 Å². The fourth-order valence-corrected chi connectivity index (χ4v) is 8.82. The summed E-state index contributed by atoms with van der Waals surface area (Å²) in [6.45, 7) is 5.72. The molecule has 1 aromatic carbocycles. The largest absolute Gasteiger partial charge is 0.475 e. The van der Waals surface area contributed by atoms with Crippen molar-refractivity contribution in [1.29, 1.82) is 10.5 Å². The van der Waals surface area contributed by atoms with Gasteiger partial charge >= 0.3 is 0 Å². The van der Waals surface area contributed by atoms with E-state index < -0.39 is 23.6 Å². The first kappa shape index (κ1) is 29.8. The molecule has 47 heavy (non-hydrogen) atoms. The first-order valence-electron chi connectivity index (χ1n) is 16.5. The molecule has 3 unspecified atom stereocenters. The van der Waals surface area contributed by atoms with Crippen LogP contribution in [0.2, 0.25) is 0 Å². The maximum absolute atomic E-state index is 16.9. The van der Waals surface area contributed by atoms with Crippen LogP contribution in [0, 0.1) is 34.4 Å². The Balaban J connectivity index is 1.26. The van der Waals surface area contributed by atoms with Gasteiger partial charge in [0.05, 0.1) is 29.8 Å². The number of anilines is 1. The van der Waals surface area contributed by atoms with Crippen LogP contribution in [0.1, 0.15) is 54.7 Å². The van der Waals surface area contributed by atoms with Gasteiger partial charge in [0.2, 0.25) is 11.8 Å². The number of nitriles is 2. The number of amides is 1. The number of piperazine rings is 1. The third-order valence-electron chi connectivity index (χ3n) is 11.1. The zero-order chi connectivity index (χ0) is 32.4. The van der Waals surface area contributed by atoms with Gasteiger partial charge in [-0.2, -0.15) is 10.5 Å². The van der Waals surface area contributed by atoms with Crippen LogP contribution in [0.3, 0.4) is 0 Å². The SMILES string of the molecule is C=CC(=O)N1CCN(c2c(C#N)c(OCC34CCCN3C[C@H](F)C4)nc3c(F)c(-c4cccc5c4C4CC4C5)ncc23)C[C@@H]1CC#N. The lowest BCUT2D eigenvalue weighted by molar-refractivity contribution is -0.128. The minimum Gasteiger partial charge on any atom is -0.475 e. The van der Waals surface area contributed by atoms with Gasteiger partial charge in [0, 0.05) is 49.7 Å². The monoisotopic (exact) mass is 635 g/mol. The predicted molar refractivity (Wildman–Crippen MR) is 171 cm³/mol. The molecule has 0 N–H and O–H groups in total. The molecular formula is C36H35F2N7O2. The highest BCUT2D eigenvalue weighted by molar-refractivity contribution is 5.98. The molecule has 3 saturated heterocycles. The first-order valence-corrected chi connectivity index (χ1v) is 16.5. The van der Waals surface area contributed by atoms with Gasteiger partial charge in [-0.15, -0.1) is 0 Å². The summed E-state index contributed by atoms with van der Waals surface area (Å²) in [6.07, 6.45) is 6.08. The number of hydrogen-bond acceptors (Lipinski definition) is 8. The number of aromatic nitrogens is 2. The van der Waals surface area contributed by atoms with Crippen molar-refractivity contribution in [3.63, 3.8) is 0 Å². The third-order valence-corrected chi connectivity index (χ3v) is 11.1. The fourth-order valence-electron chi connectivity index (χ4n) is 8.82. The molecule has 11 heteroatoms. The maximum Gasteiger partial charge on any atom is 0.246 e. The topological polar surface area (TPSA) is 109 Å². The summed E-state index contributed by atoms with van der Waals surface area (Å²) in [5.74, 6) is 0.168. The Labute approximate surface area is 272 Å². The molecule has 5 aliphatic rings. The molecule has 2 aliphatic carbocycles. The Morgan fingerprint density at radius 1 is 1.23 bits per heavy atom. The molecule has 8 rings (SSSR count). The van der Waals surface area contributed by atoms with Gasteiger partial charge in [-0.05, 0) is 61.3 Å². The minimum atomic E-state index is -0.953. The van der Waals surface area contributed by atoms with Crippen LogP contribution < -0.4 is 9.64 Å². The fraction of sp³-hybridized carbons (Fsp3) is 0.472. The van der Waals surface area contributed by atoms with Crippen molar-refractivity contribution in [3.05, 3.63) is 59.6 Å². The van der Waals surface area contributed by atoms with Crippen molar-refractivity contribution in [1.82, 2.24) is 19.8 Å². The molecule has 5 heterocycles. The lowest BCUT2D eigenvalue weighted by atomic mass is 9.95. The number of nitrogens with zero attached hydrogens (tertiary/aromatic N) is 7. The number of ether oxygens (including phenoxy) is 1. The Kier molecular flexibility index (Phi) is 7.14. The van der Waals surface area contributed by atoms with E-state index in [4.69, 9.17) is 4.74 Å². The van der Waals surface area contributed by atoms with Crippen molar-refractivity contribution in [3.8, 4) is 29.3 Å². The van der Waals surface area contributed by atoms with Crippen molar-refractivity contribution >= 4 is 22.5 Å². The number of rotatable bonds is 7. The van der Waals surface area contributed by atoms with E-state index >= 15 is 4.39 Å². The van der Waals surface area contributed by atoms with E-state index in [2.05, 4.69) is 39.7 Å². The molecule has 5 atom stereocenters. The van der Waals surface area contributed by atoms with Crippen LogP contribution in [0.4, 0.5) is 14.5 Å². The standard InChI is InChI=1S/C36H35F2N7O2/c1-2-29(46)45-12-11-43(19-24(45)7-9-39)34-27(16-40)35(47-20-36-8-4-10-44(36)18-23(37)15-36)42-33-28(34)17-41-32(31(33)38)25-6-3-5-21-13-22-14-26(22)30(21)25/h2-3,5-6,17,22-24,26H,1,4,7-8,10-15,18-20H2/t22?,23-,24+,26?,36?/m1/s1. The Morgan fingerprint density at radius 2 is 2.11 bits per heavy atom. The molecule has 1 amide bonds. The highest BCUT2D eigenvalue weighted by Crippen LogP contribution is 2.58. The van der Waals surface area contributed by atoms with Crippen LogP contribution in [0.15, 0.2) is 37.1 Å². The Morgan fingerprint density at radius 3 is 2.91 bits per heavy atom. The van der Waals surface area contributed by atoms with Gasteiger partial charge in [0.1, 0.15) is 35.6 Å². The zero-order valence-corrected chi connectivity index (χ0v) is 26.1. The highest BCUT2D eigenvalue weighted by atomic mass is 19.1. The van der Waals surface area contributed by atoms with Crippen LogP contribution in [-0.2, 0) is 11.2 Å². The van der Waals surface area contributed by atoms with Crippen molar-refractivity contribution in [2.24, 2.45) is 5.92 Å². The number of carbonyl (C=O) groups excluding carboxylic acids is 1. The number of pyridine rings is 2. The number of halogens is 2. The number of alkyl halides is 1. The minimum absolute atomic E-state index is 0.00318. The first-order chi connectivity index (χ1) is 22.9. The van der Waals surface area contributed by atoms with Crippen molar-refractivity contribution in [2.75, 3.05) is 44.2 Å². The molecule has 240 valence electrons. The lowest BCUT2D eigenvalue weighted by Crippen LogP contribution is -2.55. The van der Waals surface area contributed by atoms with Crippen LogP contribution in [0.25, 0.3) is 22.2 Å². The number of benzene rings is 1. The van der Waals surface area contributed by atoms with E-state index in [0.29, 0.717) is 42.4 Å². The molecule has 2 aromatic heterocycles. The summed E-state index contributed by atoms with van der Waals surface area (Å²) < 4.78 is 37.9. The zero-order valence-electron chi connectivity index (χ0n) is 26.1. The summed E-state index contributed by atoms with van der Waals surface area (Å²) in [5, 5.41) is 20.5. The lowest BCUT2D eigenvalue weighted by Gasteiger charge is -2.42. The Bertz CT molecular complexity index is 1900. The molecule has 0 bridgehead atoms. The highest BCUT2D eigenvalue weighted by Gasteiger charge is 2.50. The average Bonchev–Trinajstić information content (AvgIpc) is 3.40. The number of hydrogen-bond donors (Lipinski definition) is 0. The smallest absolute Gasteiger partial charge is 0.246 e. The van der Waals surface area contributed by atoms with E-state index in [1.807, 2.05) is 17.0 Å². The molecule has 3 aliphatic heterocycles. The van der Waals surface area contributed by atoms with Gasteiger partial charge in [-0.1, -0.05) is 24.8 Å². The van der Waals surface area contributed by atoms with Crippen LogP contribution >= 0.6 is 0 Å². The van der Waals surface area contributed by atoms with Gasteiger partial charge in [0.25, 0.3) is 0 Å². The normalized spacial score (nSPS) is 27.6. The quantitative estimate of drug-likeness (QED) is 0.333. The number of fused-ring (bicyclic) bond motifs is 5. The van der Waals surface area contributed by atoms with Gasteiger partial charge in [-0.25, -0.2) is 13.8 Å². The second kappa shape index (κ2) is 11.3. The summed E-state index contributed by atoms with van der Waals surface area (Å²) in [4.78, 5) is 27.6. The summed E-state index contributed by atoms with van der Waals surface area (Å²) in [5.41, 5.74) is 3.48. The summed E-state index contributed by atoms with van der Waals surface area (Å²) in [7, 11) is 0. The van der Waals surface area contributed by atoms with Crippen LogP contribution in [-0.4, -0.2) is 82.8 Å². The summed E-state index contributed by atoms with van der Waals surface area (Å²) >= 11 is 0. The summed E-state index contributed by atoms with van der Waals surface area (Å²) in [6, 6.07) is 9.94. The van der Waals surface area contributed by atoms with Gasteiger partial charge in [-0.3, -0.25) is 14.7 Å². The van der Waals surface area contributed by atoms with E-state index in [-0.39, 0.29) is 54.7 Å². The molecule has 0 radical (unpaired) electrons. The second-order valence-corrected chi connectivity index (χ2v) is 13.7. The van der Waals surface area contributed by atoms with E-state index in [1.54, 1.807) is 11.1 Å². The second-order valence-electron chi connectivity index (χ2n) is 13.7. The molecule has 3 aromatic rings. The average molecular weight is 636 g/mol.